The summed E-state index contributed by atoms with van der Waals surface area (Å²) < 4.78 is 13.2. The average Bonchev–Trinajstić information content (AvgIpc) is 4.10. The number of methoxy groups -OCH3 is 1. The molecule has 2 aliphatic heterocycles. The third-order valence-electron chi connectivity index (χ3n) is 13.8. The van der Waals surface area contributed by atoms with E-state index in [1.165, 1.54) is 12.0 Å². The Kier molecular flexibility index (Phi) is 13.8. The van der Waals surface area contributed by atoms with Gasteiger partial charge in [-0.1, -0.05) is 69.3 Å². The van der Waals surface area contributed by atoms with Crippen molar-refractivity contribution in [1.29, 1.82) is 0 Å². The van der Waals surface area contributed by atoms with E-state index in [2.05, 4.69) is 44.6 Å². The monoisotopic (exact) mass is 997 g/mol. The Labute approximate surface area is 421 Å². The van der Waals surface area contributed by atoms with Gasteiger partial charge in [-0.05, 0) is 81.2 Å². The number of nitrogens with zero attached hydrogens (tertiary/aromatic N) is 7. The number of pyridine rings is 1. The fourth-order valence-corrected chi connectivity index (χ4v) is 11.6. The molecule has 2 aromatic carbocycles. The largest absolute Gasteiger partial charge is 0.474 e. The van der Waals surface area contributed by atoms with Gasteiger partial charge < -0.3 is 30.1 Å². The molecule has 18 heteroatoms. The zero-order chi connectivity index (χ0) is 50.5. The van der Waals surface area contributed by atoms with Crippen molar-refractivity contribution < 1.29 is 33.8 Å². The Hall–Kier alpha value is -6.63. The first kappa shape index (κ1) is 49.4. The van der Waals surface area contributed by atoms with Crippen LogP contribution in [0, 0.1) is 39.0 Å². The summed E-state index contributed by atoms with van der Waals surface area (Å²) in [5, 5.41) is 26.6. The molecule has 9 rings (SSSR count). The Morgan fingerprint density at radius 2 is 1.55 bits per heavy atom. The number of aromatic nitrogens is 5. The lowest BCUT2D eigenvalue weighted by Gasteiger charge is -2.39. The molecular weight excluding hydrogens is 939 g/mol. The fraction of sp³-hybridized carbons (Fsp3) is 0.415. The standard InChI is InChI=1S/C53H59N9O7S2/c1-27-30(4)71-52-44(27)45(57-40(23-43(64)68-9)48-60-59-31(5)62(48)52)34-14-12-33(13-15-34)36-18-19-42(54-24-36)69-39-20-37(21-39)49(65)58-47(53(6,7)8)51(67)61-25-38(63)22-41(61)50(66)56-28(2)32-10-16-35(17-11-32)46-29(3)55-26-70-46/h10-19,24,26,28,37-41,47,63H,20-23,25H2,1-9H3,(H,56,66)(H,58,65)/t28-,37?,38+,39?,40-,41-,47+/m0/s1. The Morgan fingerprint density at radius 1 is 0.859 bits per heavy atom. The van der Waals surface area contributed by atoms with E-state index in [0.29, 0.717) is 24.5 Å². The van der Waals surface area contributed by atoms with Crippen LogP contribution in [0.2, 0.25) is 0 Å². The number of hydrogen-bond acceptors (Lipinski definition) is 14. The molecule has 2 fully saturated rings. The minimum atomic E-state index is -0.934. The number of carbonyl (C=O) groups is 4. The normalized spacial score (nSPS) is 20.4. The van der Waals surface area contributed by atoms with Crippen molar-refractivity contribution in [2.45, 2.75) is 117 Å². The van der Waals surface area contributed by atoms with Crippen molar-refractivity contribution >= 4 is 52.1 Å². The van der Waals surface area contributed by atoms with Gasteiger partial charge in [-0.15, -0.1) is 32.9 Å². The van der Waals surface area contributed by atoms with Crippen molar-refractivity contribution in [2.75, 3.05) is 13.7 Å². The lowest BCUT2D eigenvalue weighted by atomic mass is 9.80. The molecule has 4 aromatic heterocycles. The molecule has 1 saturated carbocycles. The molecule has 1 aliphatic carbocycles. The van der Waals surface area contributed by atoms with Crippen molar-refractivity contribution in [2.24, 2.45) is 16.3 Å². The summed E-state index contributed by atoms with van der Waals surface area (Å²) in [6.07, 6.45) is 1.66. The molecule has 1 saturated heterocycles. The van der Waals surface area contributed by atoms with E-state index in [1.807, 2.05) is 112 Å². The number of aliphatic imine (C=N–C) groups is 1. The SMILES string of the molecule is COC(=O)C[C@@H]1N=C(c2ccc(-c3ccc(OC4CC(C(=O)N[C@H](C(=O)N5C[C@H](O)C[C@H]5C(=O)N[C@@H](C)c5ccc(-c6scnc6C)cc5)C(C)(C)C)C4)nc3)cc2)c2c(sc(C)c2C)-n2c(C)nnc21. The summed E-state index contributed by atoms with van der Waals surface area (Å²) in [4.78, 5) is 72.1. The summed E-state index contributed by atoms with van der Waals surface area (Å²) in [7, 11) is 1.37. The van der Waals surface area contributed by atoms with Crippen LogP contribution in [0.5, 0.6) is 5.88 Å². The number of hydrogen-bond donors (Lipinski definition) is 3. The van der Waals surface area contributed by atoms with E-state index in [9.17, 15) is 24.3 Å². The van der Waals surface area contributed by atoms with Gasteiger partial charge >= 0.3 is 5.97 Å². The Bertz CT molecular complexity index is 3000. The van der Waals surface area contributed by atoms with Gasteiger partial charge in [0.2, 0.25) is 23.6 Å². The van der Waals surface area contributed by atoms with Crippen LogP contribution in [0.1, 0.15) is 110 Å². The quantitative estimate of drug-likeness (QED) is 0.0956. The molecule has 71 heavy (non-hydrogen) atoms. The number of aryl methyl sites for hydroxylation is 3. The molecule has 16 nitrogen and oxygen atoms in total. The molecule has 3 aliphatic rings. The Balaban J connectivity index is 0.806. The van der Waals surface area contributed by atoms with E-state index in [4.69, 9.17) is 14.5 Å². The minimum absolute atomic E-state index is 0.00923. The lowest BCUT2D eigenvalue weighted by molar-refractivity contribution is -0.145. The molecule has 0 bridgehead atoms. The highest BCUT2D eigenvalue weighted by Gasteiger charge is 2.46. The van der Waals surface area contributed by atoms with Crippen molar-refractivity contribution in [3.63, 3.8) is 0 Å². The third kappa shape index (κ3) is 10.0. The number of thiophene rings is 1. The maximum absolute atomic E-state index is 14.3. The second kappa shape index (κ2) is 19.9. The maximum atomic E-state index is 14.3. The molecule has 3 N–H and O–H groups in total. The number of fused-ring (bicyclic) bond motifs is 3. The number of aliphatic hydroxyl groups is 1. The number of benzene rings is 2. The Morgan fingerprint density at radius 3 is 2.20 bits per heavy atom. The summed E-state index contributed by atoms with van der Waals surface area (Å²) in [6, 6.07) is 17.1. The predicted molar refractivity (Wildman–Crippen MR) is 272 cm³/mol. The van der Waals surface area contributed by atoms with Crippen LogP contribution in [-0.4, -0.2) is 102 Å². The summed E-state index contributed by atoms with van der Waals surface area (Å²) in [5.74, 6) is -0.0309. The first-order chi connectivity index (χ1) is 33.9. The zero-order valence-electron chi connectivity index (χ0n) is 41.3. The number of ether oxygens (including phenoxy) is 2. The zero-order valence-corrected chi connectivity index (χ0v) is 43.0. The molecule has 0 unspecified atom stereocenters. The average molecular weight is 998 g/mol. The number of thiazole rings is 1. The molecule has 3 amide bonds. The summed E-state index contributed by atoms with van der Waals surface area (Å²) >= 11 is 3.23. The summed E-state index contributed by atoms with van der Waals surface area (Å²) in [5.41, 5.74) is 9.64. The first-order valence-electron chi connectivity index (χ1n) is 23.9. The van der Waals surface area contributed by atoms with Crippen LogP contribution in [0.4, 0.5) is 0 Å². The molecule has 6 heterocycles. The van der Waals surface area contributed by atoms with Crippen LogP contribution in [0.25, 0.3) is 26.6 Å². The van der Waals surface area contributed by atoms with E-state index >= 15 is 0 Å². The third-order valence-corrected chi connectivity index (χ3v) is 16.0. The summed E-state index contributed by atoms with van der Waals surface area (Å²) in [6.45, 7) is 15.6. The number of β-amino-alcohol motifs (C(OH)–C–C–N with tert-alkyl or cyclic N) is 1. The van der Waals surface area contributed by atoms with Gasteiger partial charge in [0.05, 0.1) is 47.5 Å². The highest BCUT2D eigenvalue weighted by atomic mass is 32.1. The van der Waals surface area contributed by atoms with Gasteiger partial charge in [-0.25, -0.2) is 9.97 Å². The number of aliphatic hydroxyl groups excluding tert-OH is 1. The number of esters is 1. The van der Waals surface area contributed by atoms with Crippen LogP contribution < -0.4 is 15.4 Å². The van der Waals surface area contributed by atoms with Crippen LogP contribution >= 0.6 is 22.7 Å². The van der Waals surface area contributed by atoms with Crippen LogP contribution in [0.15, 0.2) is 77.4 Å². The van der Waals surface area contributed by atoms with E-state index in [0.717, 1.165) is 70.9 Å². The second-order valence-corrected chi connectivity index (χ2v) is 21.9. The molecule has 0 spiro atoms. The number of likely N-dealkylation sites (tertiary alicyclic amines) is 1. The number of rotatable bonds is 13. The van der Waals surface area contributed by atoms with Crippen molar-refractivity contribution in [3.05, 3.63) is 117 Å². The van der Waals surface area contributed by atoms with Gasteiger partial charge in [-0.2, -0.15) is 0 Å². The van der Waals surface area contributed by atoms with Crippen LogP contribution in [-0.2, 0) is 23.9 Å². The second-order valence-electron chi connectivity index (χ2n) is 19.9. The number of carbonyl (C=O) groups excluding carboxylic acids is 4. The fourth-order valence-electron chi connectivity index (χ4n) is 9.53. The van der Waals surface area contributed by atoms with Gasteiger partial charge in [0.15, 0.2) is 5.82 Å². The van der Waals surface area contributed by atoms with Gasteiger partial charge in [0.25, 0.3) is 0 Å². The predicted octanol–water partition coefficient (Wildman–Crippen LogP) is 7.73. The van der Waals surface area contributed by atoms with Crippen molar-refractivity contribution in [1.82, 2.24) is 40.3 Å². The first-order valence-corrected chi connectivity index (χ1v) is 25.6. The molecule has 6 aromatic rings. The number of amides is 3. The number of nitrogens with one attached hydrogen (secondary N) is 2. The van der Waals surface area contributed by atoms with E-state index in [1.54, 1.807) is 28.9 Å². The smallest absolute Gasteiger partial charge is 0.308 e. The van der Waals surface area contributed by atoms with Gasteiger partial charge in [0, 0.05) is 52.7 Å². The van der Waals surface area contributed by atoms with E-state index in [-0.39, 0.29) is 55.2 Å². The van der Waals surface area contributed by atoms with Crippen LogP contribution in [0.3, 0.4) is 0 Å². The highest BCUT2D eigenvalue weighted by Crippen LogP contribution is 2.40. The molecular formula is C53H59N9O7S2. The van der Waals surface area contributed by atoms with Gasteiger partial charge in [0.1, 0.15) is 35.1 Å². The molecule has 370 valence electrons. The van der Waals surface area contributed by atoms with E-state index < -0.39 is 35.6 Å². The van der Waals surface area contributed by atoms with Crippen molar-refractivity contribution in [3.8, 4) is 32.4 Å². The topological polar surface area (TPSA) is 203 Å². The minimum Gasteiger partial charge on any atom is -0.474 e. The maximum Gasteiger partial charge on any atom is 0.308 e. The molecule has 0 radical (unpaired) electrons. The highest BCUT2D eigenvalue weighted by molar-refractivity contribution is 7.15. The lowest BCUT2D eigenvalue weighted by Crippen LogP contribution is -2.59. The molecule has 5 atom stereocenters. The van der Waals surface area contributed by atoms with Gasteiger partial charge in [-0.3, -0.25) is 28.7 Å².